The summed E-state index contributed by atoms with van der Waals surface area (Å²) in [7, 11) is 0. The summed E-state index contributed by atoms with van der Waals surface area (Å²) in [6.45, 7) is 0.633. The van der Waals surface area contributed by atoms with Crippen molar-refractivity contribution < 1.29 is 4.74 Å². The van der Waals surface area contributed by atoms with Crippen molar-refractivity contribution in [2.45, 2.75) is 24.8 Å². The average Bonchev–Trinajstić information content (AvgIpc) is 2.61. The van der Waals surface area contributed by atoms with Crippen LogP contribution in [0.4, 0.5) is 0 Å². The molecule has 1 aliphatic heterocycles. The molecule has 84 valence electrons. The van der Waals surface area contributed by atoms with Crippen LogP contribution in [0.5, 0.6) is 0 Å². The number of amidine groups is 1. The Hall–Kier alpha value is -1.03. The summed E-state index contributed by atoms with van der Waals surface area (Å²) in [5, 5.41) is 0. The summed E-state index contributed by atoms with van der Waals surface area (Å²) in [5.74, 6) is 0. The van der Waals surface area contributed by atoms with Crippen LogP contribution in [0, 0.1) is 0 Å². The van der Waals surface area contributed by atoms with E-state index in [1.165, 1.54) is 11.1 Å². The molecule has 0 saturated heterocycles. The summed E-state index contributed by atoms with van der Waals surface area (Å²) in [6.07, 6.45) is 3.02. The van der Waals surface area contributed by atoms with Gasteiger partial charge in [-0.1, -0.05) is 22.0 Å². The number of rotatable bonds is 0. The minimum atomic E-state index is -0.0923. The highest BCUT2D eigenvalue weighted by molar-refractivity contribution is 9.10. The second kappa shape index (κ2) is 3.48. The number of halogens is 1. The molecule has 0 radical (unpaired) electrons. The topological polar surface area (TPSA) is 47.6 Å². The predicted octanol–water partition coefficient (Wildman–Crippen LogP) is 2.02. The number of nitrogens with zero attached hydrogens (tertiary/aromatic N) is 1. The lowest BCUT2D eigenvalue weighted by atomic mass is 9.79. The van der Waals surface area contributed by atoms with Crippen molar-refractivity contribution in [2.75, 3.05) is 6.61 Å². The molecule has 1 aromatic rings. The Labute approximate surface area is 103 Å². The molecule has 1 aliphatic carbocycles. The summed E-state index contributed by atoms with van der Waals surface area (Å²) >= 11 is 3.50. The van der Waals surface area contributed by atoms with Crippen molar-refractivity contribution >= 4 is 22.0 Å². The molecule has 2 N–H and O–H groups in total. The van der Waals surface area contributed by atoms with Gasteiger partial charge in [-0.05, 0) is 36.1 Å². The van der Waals surface area contributed by atoms with E-state index >= 15 is 0 Å². The van der Waals surface area contributed by atoms with Crippen molar-refractivity contribution in [1.29, 1.82) is 0 Å². The van der Waals surface area contributed by atoms with Gasteiger partial charge in [-0.2, -0.15) is 0 Å². The third-order valence-electron chi connectivity index (χ3n) is 3.38. The molecule has 3 nitrogen and oxygen atoms in total. The Morgan fingerprint density at radius 2 is 2.25 bits per heavy atom. The number of nitrogens with two attached hydrogens (primary N) is 1. The molecule has 0 aromatic heterocycles. The molecule has 1 spiro atoms. The molecule has 2 aliphatic rings. The Kier molecular flexibility index (Phi) is 2.21. The molecule has 16 heavy (non-hydrogen) atoms. The van der Waals surface area contributed by atoms with E-state index in [-0.39, 0.29) is 5.54 Å². The Morgan fingerprint density at radius 3 is 3.00 bits per heavy atom. The van der Waals surface area contributed by atoms with Crippen molar-refractivity contribution in [2.24, 2.45) is 10.7 Å². The lowest BCUT2D eigenvalue weighted by molar-refractivity contribution is 0.235. The highest BCUT2D eigenvalue weighted by Gasteiger charge is 2.39. The molecule has 1 aromatic carbocycles. The van der Waals surface area contributed by atoms with E-state index in [4.69, 9.17) is 10.5 Å². The van der Waals surface area contributed by atoms with E-state index in [2.05, 4.69) is 39.1 Å². The number of aliphatic imine (C=N–C) groups is 1. The molecule has 0 bridgehead atoms. The number of fused-ring (bicyclic) bond motifs is 1. The highest BCUT2D eigenvalue weighted by Crippen LogP contribution is 2.35. The standard InChI is InChI=1S/C12H13BrN2O/c13-10-2-1-9-6-12(4-3-8(9)5-10)7-16-11(14)15-12/h1-2,5H,3-4,6-7H2,(H2,14,15)/t12-/m1/s1. The van der Waals surface area contributed by atoms with Gasteiger partial charge in [-0.3, -0.25) is 0 Å². The van der Waals surface area contributed by atoms with Crippen LogP contribution in [0.3, 0.4) is 0 Å². The fourth-order valence-electron chi connectivity index (χ4n) is 2.54. The van der Waals surface area contributed by atoms with Gasteiger partial charge in [0.2, 0.25) is 0 Å². The quantitative estimate of drug-likeness (QED) is 0.791. The van der Waals surface area contributed by atoms with Crippen molar-refractivity contribution in [3.05, 3.63) is 33.8 Å². The van der Waals surface area contributed by atoms with Crippen LogP contribution >= 0.6 is 15.9 Å². The van der Waals surface area contributed by atoms with Gasteiger partial charge in [-0.25, -0.2) is 4.99 Å². The minimum Gasteiger partial charge on any atom is -0.463 e. The van der Waals surface area contributed by atoms with E-state index < -0.39 is 0 Å². The SMILES string of the molecule is NC1=N[C@@]2(CCc3cc(Br)ccc3C2)CO1. The third kappa shape index (κ3) is 1.61. The van der Waals surface area contributed by atoms with Crippen LogP contribution in [-0.4, -0.2) is 18.2 Å². The fraction of sp³-hybridized carbons (Fsp3) is 0.417. The zero-order valence-corrected chi connectivity index (χ0v) is 10.5. The van der Waals surface area contributed by atoms with E-state index in [1.54, 1.807) is 0 Å². The van der Waals surface area contributed by atoms with Gasteiger partial charge in [0.15, 0.2) is 0 Å². The van der Waals surface area contributed by atoms with Crippen LogP contribution in [0.15, 0.2) is 27.7 Å². The molecule has 1 atom stereocenters. The molecule has 4 heteroatoms. The summed E-state index contributed by atoms with van der Waals surface area (Å²) in [5.41, 5.74) is 8.30. The van der Waals surface area contributed by atoms with Crippen LogP contribution < -0.4 is 5.73 Å². The van der Waals surface area contributed by atoms with E-state index in [9.17, 15) is 0 Å². The largest absolute Gasteiger partial charge is 0.463 e. The molecule has 3 rings (SSSR count). The molecule has 0 fully saturated rings. The van der Waals surface area contributed by atoms with Gasteiger partial charge in [0, 0.05) is 10.9 Å². The molecule has 0 saturated carbocycles. The Balaban J connectivity index is 1.95. The van der Waals surface area contributed by atoms with E-state index in [0.717, 1.165) is 23.7 Å². The van der Waals surface area contributed by atoms with Crippen molar-refractivity contribution in [1.82, 2.24) is 0 Å². The first-order chi connectivity index (χ1) is 7.67. The summed E-state index contributed by atoms with van der Waals surface area (Å²) < 4.78 is 6.45. The maximum atomic E-state index is 5.60. The number of hydrogen-bond acceptors (Lipinski definition) is 3. The van der Waals surface area contributed by atoms with Crippen molar-refractivity contribution in [3.63, 3.8) is 0 Å². The molecule has 0 unspecified atom stereocenters. The average molecular weight is 281 g/mol. The van der Waals surface area contributed by atoms with Gasteiger partial charge in [-0.15, -0.1) is 0 Å². The fourth-order valence-corrected chi connectivity index (χ4v) is 2.94. The first kappa shape index (κ1) is 10.1. The third-order valence-corrected chi connectivity index (χ3v) is 3.88. The van der Waals surface area contributed by atoms with Crippen LogP contribution in [0.1, 0.15) is 17.5 Å². The minimum absolute atomic E-state index is 0.0923. The van der Waals surface area contributed by atoms with Crippen molar-refractivity contribution in [3.8, 4) is 0 Å². The number of benzene rings is 1. The van der Waals surface area contributed by atoms with Gasteiger partial charge in [0.05, 0.1) is 0 Å². The molecular formula is C12H13BrN2O. The Bertz CT molecular complexity index is 472. The Morgan fingerprint density at radius 1 is 1.38 bits per heavy atom. The van der Waals surface area contributed by atoms with E-state index in [1.807, 2.05) is 0 Å². The monoisotopic (exact) mass is 280 g/mol. The van der Waals surface area contributed by atoms with Crippen LogP contribution in [0.2, 0.25) is 0 Å². The van der Waals surface area contributed by atoms with Gasteiger partial charge < -0.3 is 10.5 Å². The van der Waals surface area contributed by atoms with Crippen LogP contribution in [0.25, 0.3) is 0 Å². The second-order valence-electron chi connectivity index (χ2n) is 4.55. The maximum absolute atomic E-state index is 5.60. The first-order valence-electron chi connectivity index (χ1n) is 5.42. The van der Waals surface area contributed by atoms with E-state index in [0.29, 0.717) is 12.6 Å². The molecule has 1 heterocycles. The lowest BCUT2D eigenvalue weighted by Gasteiger charge is -2.30. The number of hydrogen-bond donors (Lipinski definition) is 1. The number of aryl methyl sites for hydroxylation is 1. The number of ether oxygens (including phenoxy) is 1. The molecular weight excluding hydrogens is 268 g/mol. The second-order valence-corrected chi connectivity index (χ2v) is 5.47. The maximum Gasteiger partial charge on any atom is 0.282 e. The van der Waals surface area contributed by atoms with Gasteiger partial charge in [0.25, 0.3) is 6.02 Å². The first-order valence-corrected chi connectivity index (χ1v) is 6.22. The highest BCUT2D eigenvalue weighted by atomic mass is 79.9. The van der Waals surface area contributed by atoms with Gasteiger partial charge in [0.1, 0.15) is 12.1 Å². The zero-order valence-electron chi connectivity index (χ0n) is 8.87. The van der Waals surface area contributed by atoms with Crippen LogP contribution in [-0.2, 0) is 17.6 Å². The smallest absolute Gasteiger partial charge is 0.282 e. The normalized spacial score (nSPS) is 27.4. The van der Waals surface area contributed by atoms with Gasteiger partial charge >= 0.3 is 0 Å². The summed E-state index contributed by atoms with van der Waals surface area (Å²) in [4.78, 5) is 4.46. The zero-order chi connectivity index (χ0) is 11.2. The molecule has 0 amide bonds. The lowest BCUT2D eigenvalue weighted by Crippen LogP contribution is -2.35. The predicted molar refractivity (Wildman–Crippen MR) is 66.5 cm³/mol. The summed E-state index contributed by atoms with van der Waals surface area (Å²) in [6, 6.07) is 6.80.